The summed E-state index contributed by atoms with van der Waals surface area (Å²) in [6, 6.07) is 21.5. The lowest BCUT2D eigenvalue weighted by Gasteiger charge is -2.08. The van der Waals surface area contributed by atoms with Crippen LogP contribution in [0.25, 0.3) is 32.7 Å². The van der Waals surface area contributed by atoms with E-state index in [1.807, 2.05) is 12.1 Å². The first kappa shape index (κ1) is 33.1. The number of benzene rings is 4. The Morgan fingerprint density at radius 2 is 0.844 bits per heavy atom. The topological polar surface area (TPSA) is 34.1 Å². The molecule has 45 heavy (non-hydrogen) atoms. The van der Waals surface area contributed by atoms with Crippen LogP contribution < -0.4 is 0 Å². The lowest BCUT2D eigenvalue weighted by molar-refractivity contribution is 0.0971. The molecule has 1 aliphatic carbocycles. The maximum Gasteiger partial charge on any atom is 0.162 e. The van der Waals surface area contributed by atoms with Crippen LogP contribution in [0.2, 0.25) is 0 Å². The van der Waals surface area contributed by atoms with Crippen LogP contribution in [0.15, 0.2) is 60.7 Å². The Bertz CT molecular complexity index is 1470. The number of fused-ring (bicyclic) bond motifs is 7. The normalized spacial score (nSPS) is 12.1. The van der Waals surface area contributed by atoms with E-state index in [2.05, 4.69) is 62.4 Å². The van der Waals surface area contributed by atoms with E-state index >= 15 is 0 Å². The molecule has 0 saturated heterocycles. The van der Waals surface area contributed by atoms with Gasteiger partial charge in [0.1, 0.15) is 0 Å². The average Bonchev–Trinajstić information content (AvgIpc) is 3.46. The molecule has 0 amide bonds. The lowest BCUT2D eigenvalue weighted by Crippen LogP contribution is -1.99. The van der Waals surface area contributed by atoms with Gasteiger partial charge in [0.25, 0.3) is 0 Å². The zero-order valence-electron chi connectivity index (χ0n) is 28.0. The second-order valence-electron chi connectivity index (χ2n) is 13.5. The molecule has 0 radical (unpaired) electrons. The molecule has 4 aromatic rings. The summed E-state index contributed by atoms with van der Waals surface area (Å²) in [4.78, 5) is 26.0. The quantitative estimate of drug-likeness (QED) is 0.0656. The van der Waals surface area contributed by atoms with Crippen LogP contribution in [0.1, 0.15) is 161 Å². The Morgan fingerprint density at radius 1 is 0.467 bits per heavy atom. The molecule has 238 valence electrons. The molecule has 0 heterocycles. The van der Waals surface area contributed by atoms with Crippen molar-refractivity contribution in [1.82, 2.24) is 0 Å². The van der Waals surface area contributed by atoms with Gasteiger partial charge in [0, 0.05) is 24.0 Å². The number of carbonyl (C=O) groups excluding carboxylic acids is 2. The van der Waals surface area contributed by atoms with E-state index in [1.54, 1.807) is 0 Å². The van der Waals surface area contributed by atoms with Gasteiger partial charge in [-0.3, -0.25) is 9.59 Å². The van der Waals surface area contributed by atoms with Gasteiger partial charge in [0.15, 0.2) is 11.6 Å². The predicted molar refractivity (Wildman–Crippen MR) is 193 cm³/mol. The molecule has 2 nitrogen and oxygen atoms in total. The molecular formula is C43H54O2. The molecule has 0 fully saturated rings. The molecule has 0 N–H and O–H groups in total. The molecular weight excluding hydrogens is 548 g/mol. The van der Waals surface area contributed by atoms with Crippen LogP contribution in [0.3, 0.4) is 0 Å². The van der Waals surface area contributed by atoms with Crippen LogP contribution >= 0.6 is 0 Å². The van der Waals surface area contributed by atoms with Crippen LogP contribution in [0, 0.1) is 0 Å². The first-order valence-electron chi connectivity index (χ1n) is 18.3. The summed E-state index contributed by atoms with van der Waals surface area (Å²) in [5.41, 5.74) is 6.99. The number of unbranched alkanes of at least 4 members (excludes halogenated alkanes) is 14. The van der Waals surface area contributed by atoms with Crippen molar-refractivity contribution < 1.29 is 9.59 Å². The third-order valence-electron chi connectivity index (χ3n) is 10.1. The van der Waals surface area contributed by atoms with Gasteiger partial charge in [-0.25, -0.2) is 0 Å². The standard InChI is InChI=1S/C43H54O2/c1-3-5-7-9-11-13-15-17-19-42(44)34-23-25-36-32(29-34)21-27-38-39-28-22-33-30-35(24-26-37(33)41(39)31-40(36)38)43(45)20-18-16-14-12-10-8-6-4-2/h21-30H,3-20,31H2,1-2H3. The van der Waals surface area contributed by atoms with Gasteiger partial charge in [-0.2, -0.15) is 0 Å². The summed E-state index contributed by atoms with van der Waals surface area (Å²) in [5, 5.41) is 4.80. The third-order valence-corrected chi connectivity index (χ3v) is 10.1. The predicted octanol–water partition coefficient (Wildman–Crippen LogP) is 13.0. The Kier molecular flexibility index (Phi) is 12.4. The molecule has 4 aromatic carbocycles. The Labute approximate surface area is 272 Å². The third kappa shape index (κ3) is 8.51. The van der Waals surface area contributed by atoms with Crippen molar-refractivity contribution in [3.63, 3.8) is 0 Å². The summed E-state index contributed by atoms with van der Waals surface area (Å²) in [5.74, 6) is 0.538. The highest BCUT2D eigenvalue weighted by molar-refractivity contribution is 6.06. The monoisotopic (exact) mass is 602 g/mol. The van der Waals surface area contributed by atoms with E-state index in [0.717, 1.165) is 54.0 Å². The van der Waals surface area contributed by atoms with Crippen LogP contribution in [0.4, 0.5) is 0 Å². The van der Waals surface area contributed by atoms with E-state index in [-0.39, 0.29) is 11.6 Å². The number of rotatable bonds is 20. The van der Waals surface area contributed by atoms with Crippen molar-refractivity contribution in [1.29, 1.82) is 0 Å². The summed E-state index contributed by atoms with van der Waals surface area (Å²) in [6.07, 6.45) is 22.2. The van der Waals surface area contributed by atoms with Gasteiger partial charge >= 0.3 is 0 Å². The van der Waals surface area contributed by atoms with Crippen LogP contribution in [-0.2, 0) is 6.42 Å². The molecule has 0 saturated carbocycles. The molecule has 0 aromatic heterocycles. The minimum atomic E-state index is 0.269. The highest BCUT2D eigenvalue weighted by atomic mass is 16.1. The zero-order chi connectivity index (χ0) is 31.4. The van der Waals surface area contributed by atoms with E-state index in [9.17, 15) is 9.59 Å². The average molecular weight is 603 g/mol. The highest BCUT2D eigenvalue weighted by Gasteiger charge is 2.23. The molecule has 0 unspecified atom stereocenters. The molecule has 1 aliphatic rings. The molecule has 0 bridgehead atoms. The largest absolute Gasteiger partial charge is 0.294 e. The molecule has 0 aliphatic heterocycles. The Morgan fingerprint density at radius 3 is 1.24 bits per heavy atom. The minimum absolute atomic E-state index is 0.269. The number of Topliss-reactive ketones (excluding diaryl/α,β-unsaturated/α-hetero) is 2. The SMILES string of the molecule is CCCCCCCCCCC(=O)c1ccc2c3c(ccc2c1)-c1ccc2cc(C(=O)CCCCCCCCCC)ccc2c1C3. The lowest BCUT2D eigenvalue weighted by atomic mass is 9.95. The number of carbonyl (C=O) groups is 2. The highest BCUT2D eigenvalue weighted by Crippen LogP contribution is 2.43. The van der Waals surface area contributed by atoms with Crippen molar-refractivity contribution in [3.05, 3.63) is 82.9 Å². The van der Waals surface area contributed by atoms with Gasteiger partial charge in [-0.15, -0.1) is 0 Å². The van der Waals surface area contributed by atoms with E-state index in [1.165, 1.54) is 110 Å². The van der Waals surface area contributed by atoms with Crippen LogP contribution in [0.5, 0.6) is 0 Å². The van der Waals surface area contributed by atoms with Gasteiger partial charge in [0.05, 0.1) is 0 Å². The fourth-order valence-electron chi connectivity index (χ4n) is 7.33. The van der Waals surface area contributed by atoms with E-state index in [4.69, 9.17) is 0 Å². The van der Waals surface area contributed by atoms with Crippen molar-refractivity contribution in [2.45, 2.75) is 136 Å². The fraction of sp³-hybridized carbons (Fsp3) is 0.488. The van der Waals surface area contributed by atoms with E-state index < -0.39 is 0 Å². The number of hydrogen-bond donors (Lipinski definition) is 0. The van der Waals surface area contributed by atoms with E-state index in [0.29, 0.717) is 12.8 Å². The zero-order valence-corrected chi connectivity index (χ0v) is 28.0. The van der Waals surface area contributed by atoms with Crippen molar-refractivity contribution in [3.8, 4) is 11.1 Å². The second-order valence-corrected chi connectivity index (χ2v) is 13.5. The maximum atomic E-state index is 13.0. The number of hydrogen-bond acceptors (Lipinski definition) is 2. The minimum Gasteiger partial charge on any atom is -0.294 e. The Balaban J connectivity index is 1.19. The number of ketones is 2. The summed E-state index contributed by atoms with van der Waals surface area (Å²) < 4.78 is 0. The molecule has 0 spiro atoms. The summed E-state index contributed by atoms with van der Waals surface area (Å²) >= 11 is 0. The van der Waals surface area contributed by atoms with Gasteiger partial charge in [0.2, 0.25) is 0 Å². The molecule has 5 rings (SSSR count). The first-order valence-corrected chi connectivity index (χ1v) is 18.3. The molecule has 0 atom stereocenters. The smallest absolute Gasteiger partial charge is 0.162 e. The van der Waals surface area contributed by atoms with Crippen molar-refractivity contribution in [2.75, 3.05) is 0 Å². The van der Waals surface area contributed by atoms with Crippen LogP contribution in [-0.4, -0.2) is 11.6 Å². The van der Waals surface area contributed by atoms with Crippen molar-refractivity contribution in [2.24, 2.45) is 0 Å². The maximum absolute atomic E-state index is 13.0. The van der Waals surface area contributed by atoms with Gasteiger partial charge < -0.3 is 0 Å². The fourth-order valence-corrected chi connectivity index (χ4v) is 7.33. The summed E-state index contributed by atoms with van der Waals surface area (Å²) in [6.45, 7) is 4.51. The first-order chi connectivity index (χ1) is 22.1. The Hall–Kier alpha value is -3.26. The van der Waals surface area contributed by atoms with Gasteiger partial charge in [-0.05, 0) is 75.2 Å². The summed E-state index contributed by atoms with van der Waals surface area (Å²) in [7, 11) is 0. The molecule has 2 heteroatoms. The second kappa shape index (κ2) is 16.9. The van der Waals surface area contributed by atoms with Gasteiger partial charge in [-0.1, -0.05) is 152 Å². The van der Waals surface area contributed by atoms with Crippen molar-refractivity contribution >= 4 is 33.1 Å².